The summed E-state index contributed by atoms with van der Waals surface area (Å²) >= 11 is 0. The molecule has 2 saturated heterocycles. The van der Waals surface area contributed by atoms with Gasteiger partial charge in [-0.15, -0.1) is 0 Å². The third-order valence-corrected chi connectivity index (χ3v) is 5.49. The van der Waals surface area contributed by atoms with Crippen molar-refractivity contribution < 1.29 is 27.6 Å². The highest BCUT2D eigenvalue weighted by Crippen LogP contribution is 2.22. The van der Waals surface area contributed by atoms with Gasteiger partial charge in [0.1, 0.15) is 5.54 Å². The van der Waals surface area contributed by atoms with Gasteiger partial charge in [-0.3, -0.25) is 24.8 Å². The number of piperazine rings is 1. The molecule has 8 nitrogen and oxygen atoms in total. The molecule has 1 atom stereocenters. The number of rotatable bonds is 7. The van der Waals surface area contributed by atoms with E-state index in [0.29, 0.717) is 30.9 Å². The number of nitrogens with zero attached hydrogens (tertiary/aromatic N) is 3. The quantitative estimate of drug-likeness (QED) is 0.620. The molecule has 0 aliphatic carbocycles. The van der Waals surface area contributed by atoms with Crippen molar-refractivity contribution in [3.05, 3.63) is 35.9 Å². The van der Waals surface area contributed by atoms with Gasteiger partial charge in [-0.25, -0.2) is 4.79 Å². The zero-order chi connectivity index (χ0) is 22.6. The van der Waals surface area contributed by atoms with Crippen LogP contribution in [0.5, 0.6) is 0 Å². The summed E-state index contributed by atoms with van der Waals surface area (Å²) in [6, 6.07) is 8.83. The van der Waals surface area contributed by atoms with E-state index in [1.807, 2.05) is 30.3 Å². The number of benzene rings is 1. The van der Waals surface area contributed by atoms with Crippen molar-refractivity contribution in [1.29, 1.82) is 0 Å². The number of halogens is 3. The summed E-state index contributed by atoms with van der Waals surface area (Å²) in [7, 11) is 0. The van der Waals surface area contributed by atoms with Crippen molar-refractivity contribution in [3.8, 4) is 0 Å². The van der Waals surface area contributed by atoms with Crippen LogP contribution in [0.4, 0.5) is 18.0 Å². The van der Waals surface area contributed by atoms with E-state index < -0.39 is 36.1 Å². The van der Waals surface area contributed by atoms with E-state index in [2.05, 4.69) is 10.7 Å². The summed E-state index contributed by atoms with van der Waals surface area (Å²) in [4.78, 5) is 40.3. The van der Waals surface area contributed by atoms with Gasteiger partial charge in [0.25, 0.3) is 11.8 Å². The molecule has 1 aromatic rings. The number of imide groups is 1. The summed E-state index contributed by atoms with van der Waals surface area (Å²) < 4.78 is 37.4. The molecular weight excluding hydrogens is 415 g/mol. The SMILES string of the molecule is CC1(CCc2ccccc2)NC(=O)N(NC(=O)CN2CCN(CC(F)(F)F)CC2)C1=O. The topological polar surface area (TPSA) is 85.0 Å². The Morgan fingerprint density at radius 1 is 1.10 bits per heavy atom. The molecule has 0 aromatic heterocycles. The van der Waals surface area contributed by atoms with Gasteiger partial charge >= 0.3 is 12.2 Å². The number of amides is 4. The zero-order valence-electron chi connectivity index (χ0n) is 17.2. The number of carbonyl (C=O) groups is 3. The van der Waals surface area contributed by atoms with E-state index in [9.17, 15) is 27.6 Å². The largest absolute Gasteiger partial charge is 0.401 e. The third kappa shape index (κ3) is 6.17. The minimum Gasteiger partial charge on any atom is -0.322 e. The summed E-state index contributed by atoms with van der Waals surface area (Å²) in [6.45, 7) is 1.48. The van der Waals surface area contributed by atoms with Crippen LogP contribution in [0.25, 0.3) is 0 Å². The van der Waals surface area contributed by atoms with Gasteiger partial charge in [-0.05, 0) is 25.3 Å². The van der Waals surface area contributed by atoms with E-state index in [4.69, 9.17) is 0 Å². The molecular formula is C20H26F3N5O3. The van der Waals surface area contributed by atoms with Crippen LogP contribution < -0.4 is 10.7 Å². The highest BCUT2D eigenvalue weighted by molar-refractivity contribution is 6.07. The van der Waals surface area contributed by atoms with Gasteiger partial charge in [0.15, 0.2) is 0 Å². The lowest BCUT2D eigenvalue weighted by molar-refractivity contribution is -0.150. The van der Waals surface area contributed by atoms with E-state index in [0.717, 1.165) is 5.56 Å². The Morgan fingerprint density at radius 3 is 2.32 bits per heavy atom. The monoisotopic (exact) mass is 441 g/mol. The van der Waals surface area contributed by atoms with E-state index in [1.165, 1.54) is 4.90 Å². The molecule has 2 aliphatic heterocycles. The van der Waals surface area contributed by atoms with Gasteiger partial charge in [0, 0.05) is 26.2 Å². The number of hydrazine groups is 1. The first-order valence-electron chi connectivity index (χ1n) is 10.1. The van der Waals surface area contributed by atoms with Crippen molar-refractivity contribution in [2.24, 2.45) is 0 Å². The van der Waals surface area contributed by atoms with Gasteiger partial charge in [-0.2, -0.15) is 18.2 Å². The Morgan fingerprint density at radius 2 is 1.71 bits per heavy atom. The first kappa shape index (κ1) is 23.0. The molecule has 3 rings (SSSR count). The lowest BCUT2D eigenvalue weighted by atomic mass is 9.93. The zero-order valence-corrected chi connectivity index (χ0v) is 17.2. The predicted molar refractivity (Wildman–Crippen MR) is 106 cm³/mol. The third-order valence-electron chi connectivity index (χ3n) is 5.49. The average Bonchev–Trinajstić information content (AvgIpc) is 2.91. The molecule has 31 heavy (non-hydrogen) atoms. The normalized spacial score (nSPS) is 23.2. The first-order valence-corrected chi connectivity index (χ1v) is 10.1. The van der Waals surface area contributed by atoms with Gasteiger partial charge in [0.05, 0.1) is 13.1 Å². The van der Waals surface area contributed by atoms with Crippen LogP contribution in [0.3, 0.4) is 0 Å². The summed E-state index contributed by atoms with van der Waals surface area (Å²) in [5.41, 5.74) is 2.22. The molecule has 0 radical (unpaired) electrons. The van der Waals surface area contributed by atoms with Crippen LogP contribution in [0.15, 0.2) is 30.3 Å². The minimum atomic E-state index is -4.25. The first-order chi connectivity index (χ1) is 14.6. The number of nitrogens with one attached hydrogen (secondary N) is 2. The second-order valence-electron chi connectivity index (χ2n) is 8.09. The molecule has 11 heteroatoms. The van der Waals surface area contributed by atoms with Crippen molar-refractivity contribution in [1.82, 2.24) is 25.6 Å². The highest BCUT2D eigenvalue weighted by atomic mass is 19.4. The fourth-order valence-corrected chi connectivity index (χ4v) is 3.72. The molecule has 0 spiro atoms. The lowest BCUT2D eigenvalue weighted by Crippen LogP contribution is -2.54. The standard InChI is InChI=1S/C20H26F3N5O3/c1-19(8-7-15-5-3-2-4-6-15)17(30)28(18(31)24-19)25-16(29)13-26-9-11-27(12-10-26)14-20(21,22)23/h2-6H,7-14H2,1H3,(H,24,31)(H,25,29). The Balaban J connectivity index is 1.48. The number of carbonyl (C=O) groups excluding carboxylic acids is 3. The fraction of sp³-hybridized carbons (Fsp3) is 0.550. The van der Waals surface area contributed by atoms with Crippen LogP contribution in [0.1, 0.15) is 18.9 Å². The number of aryl methyl sites for hydroxylation is 1. The summed E-state index contributed by atoms with van der Waals surface area (Å²) in [5, 5.41) is 3.32. The van der Waals surface area contributed by atoms with Gasteiger partial charge < -0.3 is 5.32 Å². The van der Waals surface area contributed by atoms with Crippen LogP contribution in [0, 0.1) is 0 Å². The molecule has 170 valence electrons. The number of urea groups is 1. The maximum absolute atomic E-state index is 12.8. The van der Waals surface area contributed by atoms with E-state index >= 15 is 0 Å². The molecule has 1 unspecified atom stereocenters. The smallest absolute Gasteiger partial charge is 0.322 e. The van der Waals surface area contributed by atoms with Crippen molar-refractivity contribution in [2.75, 3.05) is 39.3 Å². The predicted octanol–water partition coefficient (Wildman–Crippen LogP) is 1.14. The molecule has 0 bridgehead atoms. The van der Waals surface area contributed by atoms with Crippen LogP contribution in [0.2, 0.25) is 0 Å². The average molecular weight is 441 g/mol. The summed E-state index contributed by atoms with van der Waals surface area (Å²) in [6.07, 6.45) is -3.31. The molecule has 2 N–H and O–H groups in total. The van der Waals surface area contributed by atoms with Crippen LogP contribution in [-0.2, 0) is 16.0 Å². The Labute approximate surface area is 178 Å². The maximum Gasteiger partial charge on any atom is 0.401 e. The highest BCUT2D eigenvalue weighted by Gasteiger charge is 2.48. The van der Waals surface area contributed by atoms with E-state index in [1.54, 1.807) is 11.8 Å². The fourth-order valence-electron chi connectivity index (χ4n) is 3.72. The van der Waals surface area contributed by atoms with Crippen molar-refractivity contribution in [3.63, 3.8) is 0 Å². The minimum absolute atomic E-state index is 0.113. The van der Waals surface area contributed by atoms with Crippen molar-refractivity contribution in [2.45, 2.75) is 31.5 Å². The Bertz CT molecular complexity index is 812. The second kappa shape index (κ2) is 9.23. The Kier molecular flexibility index (Phi) is 6.85. The van der Waals surface area contributed by atoms with E-state index in [-0.39, 0.29) is 19.6 Å². The second-order valence-corrected chi connectivity index (χ2v) is 8.09. The molecule has 1 aromatic carbocycles. The molecule has 2 aliphatic rings. The molecule has 4 amide bonds. The Hall–Kier alpha value is -2.66. The number of alkyl halides is 3. The number of hydrogen-bond acceptors (Lipinski definition) is 5. The van der Waals surface area contributed by atoms with Gasteiger partial charge in [0.2, 0.25) is 0 Å². The van der Waals surface area contributed by atoms with Gasteiger partial charge in [-0.1, -0.05) is 30.3 Å². The lowest BCUT2D eigenvalue weighted by Gasteiger charge is -2.34. The molecule has 2 fully saturated rings. The van der Waals surface area contributed by atoms with Crippen LogP contribution in [-0.4, -0.2) is 83.6 Å². The summed E-state index contributed by atoms with van der Waals surface area (Å²) in [5.74, 6) is -1.11. The molecule has 2 heterocycles. The van der Waals surface area contributed by atoms with Crippen LogP contribution >= 0.6 is 0 Å². The maximum atomic E-state index is 12.8. The number of hydrogen-bond donors (Lipinski definition) is 2. The van der Waals surface area contributed by atoms with Crippen molar-refractivity contribution >= 4 is 17.8 Å². The molecule has 0 saturated carbocycles.